The van der Waals surface area contributed by atoms with Crippen LogP contribution in [0.2, 0.25) is 5.02 Å². The van der Waals surface area contributed by atoms with Crippen LogP contribution in [0.25, 0.3) is 0 Å². The molecule has 0 aliphatic carbocycles. The minimum absolute atomic E-state index is 0.116. The van der Waals surface area contributed by atoms with E-state index in [4.69, 9.17) is 16.3 Å². The van der Waals surface area contributed by atoms with Crippen LogP contribution in [0, 0.1) is 0 Å². The highest BCUT2D eigenvalue weighted by Gasteiger charge is 2.09. The maximum absolute atomic E-state index is 11.2. The van der Waals surface area contributed by atoms with E-state index in [0.29, 0.717) is 15.2 Å². The first kappa shape index (κ1) is 13.8. The van der Waals surface area contributed by atoms with Crippen LogP contribution in [0.3, 0.4) is 0 Å². The summed E-state index contributed by atoms with van der Waals surface area (Å²) in [5.74, 6) is 0.256. The minimum Gasteiger partial charge on any atom is -0.464 e. The molecule has 0 unspecified atom stereocenters. The number of carbonyl (C=O) groups is 1. The number of carbonyl (C=O) groups excluding carboxylic acids is 1. The molecule has 0 bridgehead atoms. The lowest BCUT2D eigenvalue weighted by Crippen LogP contribution is -2.04. The first-order valence-electron chi connectivity index (χ1n) is 5.13. The van der Waals surface area contributed by atoms with Crippen LogP contribution in [0.5, 0.6) is 11.6 Å². The van der Waals surface area contributed by atoms with Crippen molar-refractivity contribution in [1.82, 2.24) is 9.97 Å². The third kappa shape index (κ3) is 3.42. The Morgan fingerprint density at radius 2 is 2.11 bits per heavy atom. The van der Waals surface area contributed by atoms with Crippen LogP contribution in [-0.2, 0) is 4.74 Å². The molecule has 0 spiro atoms. The fourth-order valence-electron chi connectivity index (χ4n) is 1.25. The van der Waals surface area contributed by atoms with E-state index in [2.05, 4.69) is 30.6 Å². The fraction of sp³-hybridized carbons (Fsp3) is 0.0833. The Balaban J connectivity index is 2.17. The first-order valence-corrected chi connectivity index (χ1v) is 6.30. The van der Waals surface area contributed by atoms with Crippen molar-refractivity contribution in [1.29, 1.82) is 0 Å². The fourth-order valence-corrected chi connectivity index (χ4v) is 2.01. The summed E-state index contributed by atoms with van der Waals surface area (Å²) in [5.41, 5.74) is 0.116. The molecular formula is C12H8BrClN2O3. The molecule has 0 N–H and O–H groups in total. The van der Waals surface area contributed by atoms with Gasteiger partial charge in [-0.2, -0.15) is 0 Å². The summed E-state index contributed by atoms with van der Waals surface area (Å²) in [5, 5.41) is 0.589. The molecule has 98 valence electrons. The van der Waals surface area contributed by atoms with E-state index in [0.717, 1.165) is 0 Å². The van der Waals surface area contributed by atoms with Gasteiger partial charge < -0.3 is 9.47 Å². The second-order valence-corrected chi connectivity index (χ2v) is 4.70. The molecule has 0 saturated carbocycles. The van der Waals surface area contributed by atoms with Crippen molar-refractivity contribution in [3.63, 3.8) is 0 Å². The van der Waals surface area contributed by atoms with Gasteiger partial charge in [0, 0.05) is 5.02 Å². The number of benzene rings is 1. The highest BCUT2D eigenvalue weighted by molar-refractivity contribution is 9.10. The Morgan fingerprint density at radius 1 is 1.32 bits per heavy atom. The van der Waals surface area contributed by atoms with Gasteiger partial charge in [0.1, 0.15) is 5.75 Å². The van der Waals surface area contributed by atoms with Gasteiger partial charge in [-0.3, -0.25) is 0 Å². The summed E-state index contributed by atoms with van der Waals surface area (Å²) in [6.07, 6.45) is 2.62. The molecule has 1 aromatic heterocycles. The third-order valence-electron chi connectivity index (χ3n) is 2.13. The van der Waals surface area contributed by atoms with Crippen LogP contribution in [0.1, 0.15) is 10.5 Å². The summed E-state index contributed by atoms with van der Waals surface area (Å²) in [4.78, 5) is 19.0. The molecule has 19 heavy (non-hydrogen) atoms. The highest BCUT2D eigenvalue weighted by Crippen LogP contribution is 2.30. The van der Waals surface area contributed by atoms with Gasteiger partial charge in [0.05, 0.1) is 24.0 Å². The number of ether oxygens (including phenoxy) is 2. The Kier molecular flexibility index (Phi) is 4.34. The van der Waals surface area contributed by atoms with Crippen LogP contribution in [-0.4, -0.2) is 23.0 Å². The van der Waals surface area contributed by atoms with Crippen molar-refractivity contribution in [2.75, 3.05) is 7.11 Å². The van der Waals surface area contributed by atoms with Crippen molar-refractivity contribution in [2.24, 2.45) is 0 Å². The van der Waals surface area contributed by atoms with Crippen LogP contribution in [0.4, 0.5) is 0 Å². The average molecular weight is 344 g/mol. The van der Waals surface area contributed by atoms with Gasteiger partial charge in [0.25, 0.3) is 0 Å². The molecular weight excluding hydrogens is 336 g/mol. The lowest BCUT2D eigenvalue weighted by atomic mass is 10.3. The van der Waals surface area contributed by atoms with Gasteiger partial charge in [0.2, 0.25) is 5.88 Å². The smallest absolute Gasteiger partial charge is 0.358 e. The van der Waals surface area contributed by atoms with E-state index in [1.165, 1.54) is 19.5 Å². The number of esters is 1. The molecule has 0 fully saturated rings. The topological polar surface area (TPSA) is 61.3 Å². The number of nitrogens with zero attached hydrogens (tertiary/aromatic N) is 2. The molecule has 0 atom stereocenters. The molecule has 2 rings (SSSR count). The van der Waals surface area contributed by atoms with E-state index in [1.54, 1.807) is 18.2 Å². The molecule has 1 heterocycles. The molecule has 1 aromatic carbocycles. The summed E-state index contributed by atoms with van der Waals surface area (Å²) in [6, 6.07) is 5.09. The van der Waals surface area contributed by atoms with E-state index in [9.17, 15) is 4.79 Å². The summed E-state index contributed by atoms with van der Waals surface area (Å²) in [7, 11) is 1.28. The molecule has 7 heteroatoms. The van der Waals surface area contributed by atoms with Crippen LogP contribution < -0.4 is 4.74 Å². The van der Waals surface area contributed by atoms with Gasteiger partial charge in [-0.05, 0) is 34.1 Å². The molecule has 2 aromatic rings. The number of halogens is 2. The van der Waals surface area contributed by atoms with E-state index in [1.807, 2.05) is 0 Å². The number of hydrogen-bond acceptors (Lipinski definition) is 5. The lowest BCUT2D eigenvalue weighted by molar-refractivity contribution is 0.0593. The third-order valence-corrected chi connectivity index (χ3v) is 2.99. The van der Waals surface area contributed by atoms with E-state index in [-0.39, 0.29) is 11.6 Å². The van der Waals surface area contributed by atoms with Crippen LogP contribution >= 0.6 is 27.5 Å². The molecule has 0 aliphatic rings. The maximum atomic E-state index is 11.2. The Hall–Kier alpha value is -1.66. The quantitative estimate of drug-likeness (QED) is 0.799. The maximum Gasteiger partial charge on any atom is 0.358 e. The SMILES string of the molecule is COC(=O)c1cnc(Oc2ccc(Cl)cc2Br)cn1. The highest BCUT2D eigenvalue weighted by atomic mass is 79.9. The zero-order chi connectivity index (χ0) is 13.8. The Labute approximate surface area is 122 Å². The summed E-state index contributed by atoms with van der Waals surface area (Å²) in [6.45, 7) is 0. The molecule has 0 radical (unpaired) electrons. The van der Waals surface area contributed by atoms with E-state index < -0.39 is 5.97 Å². The van der Waals surface area contributed by atoms with Crippen molar-refractivity contribution >= 4 is 33.5 Å². The zero-order valence-electron chi connectivity index (χ0n) is 9.76. The molecule has 0 aliphatic heterocycles. The van der Waals surface area contributed by atoms with Crippen molar-refractivity contribution in [3.05, 3.63) is 45.8 Å². The summed E-state index contributed by atoms with van der Waals surface area (Å²) < 4.78 is 10.7. The standard InChI is InChI=1S/C12H8BrClN2O3/c1-18-12(17)9-5-16-11(6-15-9)19-10-3-2-7(14)4-8(10)13/h2-6H,1H3. The number of rotatable bonds is 3. The second-order valence-electron chi connectivity index (χ2n) is 3.41. The second kappa shape index (κ2) is 5.99. The van der Waals surface area contributed by atoms with Gasteiger partial charge in [0.15, 0.2) is 5.69 Å². The number of methoxy groups -OCH3 is 1. The number of aromatic nitrogens is 2. The van der Waals surface area contributed by atoms with E-state index >= 15 is 0 Å². The minimum atomic E-state index is -0.549. The van der Waals surface area contributed by atoms with Gasteiger partial charge in [-0.15, -0.1) is 0 Å². The molecule has 0 amide bonds. The van der Waals surface area contributed by atoms with Gasteiger partial charge in [-0.25, -0.2) is 14.8 Å². The molecule has 5 nitrogen and oxygen atoms in total. The predicted molar refractivity (Wildman–Crippen MR) is 72.6 cm³/mol. The predicted octanol–water partition coefficient (Wildman–Crippen LogP) is 3.47. The van der Waals surface area contributed by atoms with Crippen LogP contribution in [0.15, 0.2) is 35.1 Å². The van der Waals surface area contributed by atoms with Gasteiger partial charge in [-0.1, -0.05) is 11.6 Å². The zero-order valence-corrected chi connectivity index (χ0v) is 12.1. The van der Waals surface area contributed by atoms with Gasteiger partial charge >= 0.3 is 5.97 Å². The lowest BCUT2D eigenvalue weighted by Gasteiger charge is -2.06. The molecule has 0 saturated heterocycles. The Morgan fingerprint density at radius 3 is 2.68 bits per heavy atom. The number of hydrogen-bond donors (Lipinski definition) is 0. The monoisotopic (exact) mass is 342 g/mol. The van der Waals surface area contributed by atoms with Crippen molar-refractivity contribution in [3.8, 4) is 11.6 Å². The van der Waals surface area contributed by atoms with Crippen molar-refractivity contribution in [2.45, 2.75) is 0 Å². The normalized spacial score (nSPS) is 10.1. The van der Waals surface area contributed by atoms with Crippen molar-refractivity contribution < 1.29 is 14.3 Å². The Bertz CT molecular complexity index is 604. The largest absolute Gasteiger partial charge is 0.464 e. The first-order chi connectivity index (χ1) is 9.10. The average Bonchev–Trinajstić information content (AvgIpc) is 2.42. The summed E-state index contributed by atoms with van der Waals surface area (Å²) >= 11 is 9.15.